The lowest BCUT2D eigenvalue weighted by Crippen LogP contribution is -2.27. The smallest absolute Gasteiger partial charge is 0.411 e. The monoisotopic (exact) mass is 538 g/mol. The lowest BCUT2D eigenvalue weighted by atomic mass is 9.86. The van der Waals surface area contributed by atoms with Crippen LogP contribution in [0.15, 0.2) is 60.8 Å². The van der Waals surface area contributed by atoms with Crippen LogP contribution in [0, 0.1) is 12.8 Å². The van der Waals surface area contributed by atoms with Crippen molar-refractivity contribution in [3.8, 4) is 11.3 Å². The van der Waals surface area contributed by atoms with Crippen LogP contribution in [-0.4, -0.2) is 50.0 Å². The van der Waals surface area contributed by atoms with E-state index in [0.29, 0.717) is 11.6 Å². The Morgan fingerprint density at radius 1 is 1.07 bits per heavy atom. The molecular weight excluding hydrogens is 504 g/mol. The summed E-state index contributed by atoms with van der Waals surface area (Å²) in [6.45, 7) is 7.11. The Bertz CT molecular complexity index is 1650. The summed E-state index contributed by atoms with van der Waals surface area (Å²) in [5, 5.41) is 12.4. The van der Waals surface area contributed by atoms with Gasteiger partial charge in [-0.25, -0.2) is 9.48 Å². The third-order valence-electron chi connectivity index (χ3n) is 7.63. The fraction of sp³-hybridized carbons (Fsp3) is 0.355. The maximum Gasteiger partial charge on any atom is 0.411 e. The van der Waals surface area contributed by atoms with Crippen LogP contribution >= 0.6 is 0 Å². The normalized spacial score (nSPS) is 15.1. The molecule has 0 spiro atoms. The summed E-state index contributed by atoms with van der Waals surface area (Å²) in [4.78, 5) is 17.5. The zero-order chi connectivity index (χ0) is 27.8. The number of carbonyl (C=O) groups is 1. The number of benzene rings is 2. The second-order valence-electron chi connectivity index (χ2n) is 10.7. The molecule has 40 heavy (non-hydrogen) atoms. The van der Waals surface area contributed by atoms with Crippen molar-refractivity contribution in [1.29, 1.82) is 0 Å². The predicted octanol–water partition coefficient (Wildman–Crippen LogP) is 6.27. The molecule has 1 fully saturated rings. The molecule has 206 valence electrons. The first-order chi connectivity index (χ1) is 19.4. The van der Waals surface area contributed by atoms with Gasteiger partial charge in [-0.05, 0) is 69.4 Å². The highest BCUT2D eigenvalue weighted by Crippen LogP contribution is 2.41. The molecule has 0 radical (unpaired) electrons. The molecule has 1 N–H and O–H groups in total. The number of nitrogens with one attached hydrogen (secondary N) is 1. The van der Waals surface area contributed by atoms with Crippen molar-refractivity contribution in [3.05, 3.63) is 72.1 Å². The minimum absolute atomic E-state index is 0.0470. The van der Waals surface area contributed by atoms with Gasteiger partial charge < -0.3 is 14.0 Å². The van der Waals surface area contributed by atoms with Gasteiger partial charge in [0.2, 0.25) is 0 Å². The van der Waals surface area contributed by atoms with E-state index in [1.807, 2.05) is 52.2 Å². The van der Waals surface area contributed by atoms with Crippen LogP contribution in [0.4, 0.5) is 10.5 Å². The molecule has 1 aliphatic heterocycles. The van der Waals surface area contributed by atoms with Crippen LogP contribution in [0.3, 0.4) is 0 Å². The Morgan fingerprint density at radius 3 is 2.55 bits per heavy atom. The fourth-order valence-electron chi connectivity index (χ4n) is 5.94. The third kappa shape index (κ3) is 4.81. The van der Waals surface area contributed by atoms with Crippen molar-refractivity contribution >= 4 is 33.7 Å². The number of nitrogens with zero attached hydrogens (tertiary/aromatic N) is 5. The van der Waals surface area contributed by atoms with Crippen LogP contribution in [0.2, 0.25) is 0 Å². The summed E-state index contributed by atoms with van der Waals surface area (Å²) in [6, 6.07) is 18.9. The molecule has 2 aromatic carbocycles. The number of amides is 1. The number of anilines is 1. The number of aromatic nitrogens is 5. The van der Waals surface area contributed by atoms with Crippen molar-refractivity contribution in [3.63, 3.8) is 0 Å². The van der Waals surface area contributed by atoms with Crippen molar-refractivity contribution in [2.24, 2.45) is 13.0 Å². The van der Waals surface area contributed by atoms with Crippen molar-refractivity contribution in [2.75, 3.05) is 18.5 Å². The van der Waals surface area contributed by atoms with Crippen molar-refractivity contribution < 1.29 is 14.3 Å². The fourth-order valence-corrected chi connectivity index (χ4v) is 5.94. The average Bonchev–Trinajstić information content (AvgIpc) is 3.45. The first kappa shape index (κ1) is 26.0. The number of aryl methyl sites for hydroxylation is 2. The molecule has 6 rings (SSSR count). The van der Waals surface area contributed by atoms with E-state index in [1.54, 1.807) is 4.68 Å². The molecule has 1 amide bonds. The summed E-state index contributed by atoms with van der Waals surface area (Å²) < 4.78 is 15.3. The summed E-state index contributed by atoms with van der Waals surface area (Å²) in [7, 11) is 1.90. The van der Waals surface area contributed by atoms with Gasteiger partial charge in [-0.2, -0.15) is 0 Å². The van der Waals surface area contributed by atoms with Crippen molar-refractivity contribution in [1.82, 2.24) is 24.5 Å². The molecule has 0 saturated carbocycles. The van der Waals surface area contributed by atoms with E-state index in [2.05, 4.69) is 56.6 Å². The highest BCUT2D eigenvalue weighted by Gasteiger charge is 2.30. The molecule has 5 aromatic rings. The summed E-state index contributed by atoms with van der Waals surface area (Å²) in [5.41, 5.74) is 7.59. The maximum absolute atomic E-state index is 12.5. The number of ether oxygens (including phenoxy) is 2. The number of rotatable bonds is 6. The van der Waals surface area contributed by atoms with Gasteiger partial charge in [-0.15, -0.1) is 5.10 Å². The maximum atomic E-state index is 12.5. The molecular formula is C31H34N6O3. The molecule has 0 aliphatic carbocycles. The zero-order valence-electron chi connectivity index (χ0n) is 23.3. The second kappa shape index (κ2) is 10.7. The highest BCUT2D eigenvalue weighted by molar-refractivity contribution is 6.08. The first-order valence-corrected chi connectivity index (χ1v) is 13.8. The molecule has 4 heterocycles. The van der Waals surface area contributed by atoms with Gasteiger partial charge in [0, 0.05) is 43.1 Å². The lowest BCUT2D eigenvalue weighted by Gasteiger charge is -2.33. The Morgan fingerprint density at radius 2 is 1.85 bits per heavy atom. The number of carbonyl (C=O) groups excluding carboxylic acids is 1. The van der Waals surface area contributed by atoms with Gasteiger partial charge in [0.15, 0.2) is 0 Å². The molecule has 9 heteroatoms. The molecule has 9 nitrogen and oxygen atoms in total. The summed E-state index contributed by atoms with van der Waals surface area (Å²) in [6.07, 6.45) is 3.13. The molecule has 0 unspecified atom stereocenters. The first-order valence-electron chi connectivity index (χ1n) is 13.8. The van der Waals surface area contributed by atoms with Gasteiger partial charge in [0.1, 0.15) is 0 Å². The predicted molar refractivity (Wildman–Crippen MR) is 155 cm³/mol. The number of fused-ring (bicyclic) bond motifs is 3. The number of hydrogen-bond acceptors (Lipinski definition) is 6. The second-order valence-corrected chi connectivity index (χ2v) is 10.7. The summed E-state index contributed by atoms with van der Waals surface area (Å²) >= 11 is 0. The molecule has 3 aromatic heterocycles. The van der Waals surface area contributed by atoms with E-state index in [0.717, 1.165) is 64.9 Å². The Kier molecular flexibility index (Phi) is 6.98. The quantitative estimate of drug-likeness (QED) is 0.274. The highest BCUT2D eigenvalue weighted by atomic mass is 16.6. The number of pyridine rings is 1. The van der Waals surface area contributed by atoms with Crippen LogP contribution in [0.5, 0.6) is 0 Å². The molecule has 0 bridgehead atoms. The Labute approximate surface area is 233 Å². The van der Waals surface area contributed by atoms with E-state index in [-0.39, 0.29) is 12.1 Å². The van der Waals surface area contributed by atoms with Gasteiger partial charge in [0.05, 0.1) is 40.1 Å². The van der Waals surface area contributed by atoms with E-state index in [1.165, 1.54) is 5.56 Å². The van der Waals surface area contributed by atoms with Crippen LogP contribution in [0.1, 0.15) is 44.0 Å². The standard InChI is InChI=1S/C31H34N6O3/c1-19(2)40-31(38)33-24-10-11-25-26(17-24)37(30(21-8-6-5-7-9-21)22-12-14-39-15-13-22)27-16-23(18-32-28(25)27)29-20(3)34-35-36(29)4/h5-11,16-19,22,30H,12-15H2,1-4H3,(H,33,38)/t30-/m1/s1. The average molecular weight is 539 g/mol. The Hall–Kier alpha value is -4.24. The lowest BCUT2D eigenvalue weighted by molar-refractivity contribution is 0.0553. The van der Waals surface area contributed by atoms with Gasteiger partial charge >= 0.3 is 6.09 Å². The Balaban J connectivity index is 1.61. The largest absolute Gasteiger partial charge is 0.447 e. The van der Waals surface area contributed by atoms with Crippen LogP contribution in [0.25, 0.3) is 33.2 Å². The SMILES string of the molecule is Cc1nnn(C)c1-c1cnc2c3ccc(NC(=O)OC(C)C)cc3n([C@H](c3ccccc3)C3CCOCC3)c2c1. The molecule has 1 aliphatic rings. The van der Waals surface area contributed by atoms with Crippen molar-refractivity contribution in [2.45, 2.75) is 45.8 Å². The van der Waals surface area contributed by atoms with E-state index < -0.39 is 6.09 Å². The van der Waals surface area contributed by atoms with Crippen LogP contribution < -0.4 is 5.32 Å². The third-order valence-corrected chi connectivity index (χ3v) is 7.63. The van der Waals surface area contributed by atoms with E-state index in [4.69, 9.17) is 14.5 Å². The van der Waals surface area contributed by atoms with Gasteiger partial charge in [-0.1, -0.05) is 35.5 Å². The van der Waals surface area contributed by atoms with Gasteiger partial charge in [0.25, 0.3) is 0 Å². The van der Waals surface area contributed by atoms with E-state index in [9.17, 15) is 4.79 Å². The van der Waals surface area contributed by atoms with Crippen LogP contribution in [-0.2, 0) is 16.5 Å². The molecule has 1 saturated heterocycles. The summed E-state index contributed by atoms with van der Waals surface area (Å²) in [5.74, 6) is 0.362. The molecule has 1 atom stereocenters. The number of hydrogen-bond donors (Lipinski definition) is 1. The minimum Gasteiger partial charge on any atom is -0.447 e. The minimum atomic E-state index is -0.472. The van der Waals surface area contributed by atoms with Gasteiger partial charge in [-0.3, -0.25) is 10.3 Å². The zero-order valence-corrected chi connectivity index (χ0v) is 23.3. The van der Waals surface area contributed by atoms with E-state index >= 15 is 0 Å². The topological polar surface area (TPSA) is 96.1 Å².